The summed E-state index contributed by atoms with van der Waals surface area (Å²) in [5.41, 5.74) is 0. The summed E-state index contributed by atoms with van der Waals surface area (Å²) >= 11 is 0. The molecule has 1 rings (SSSR count). The van der Waals surface area contributed by atoms with Crippen molar-refractivity contribution in [3.63, 3.8) is 0 Å². The van der Waals surface area contributed by atoms with Gasteiger partial charge in [-0.3, -0.25) is 4.99 Å². The molecule has 0 aromatic heterocycles. The van der Waals surface area contributed by atoms with Crippen LogP contribution < -0.4 is 10.6 Å². The molecule has 0 bridgehead atoms. The molecule has 2 unspecified atom stereocenters. The number of likely N-dealkylation sites (N-methyl/N-ethyl adjacent to an activating group) is 1. The first kappa shape index (κ1) is 19.2. The highest BCUT2D eigenvalue weighted by molar-refractivity contribution is 5.79. The maximum atomic E-state index is 4.36. The van der Waals surface area contributed by atoms with Gasteiger partial charge in [-0.05, 0) is 65.8 Å². The molecule has 0 radical (unpaired) electrons. The number of hydrogen-bond acceptors (Lipinski definition) is 3. The number of likely N-dealkylation sites (tertiary alicyclic amines) is 1. The first-order valence-corrected chi connectivity index (χ1v) is 9.00. The predicted octanol–water partition coefficient (Wildman–Crippen LogP) is 1.76. The van der Waals surface area contributed by atoms with Crippen LogP contribution in [0.1, 0.15) is 46.5 Å². The fraction of sp³-hybridized carbons (Fsp3) is 0.941. The first-order chi connectivity index (χ1) is 10.6. The minimum absolute atomic E-state index is 0.461. The lowest BCUT2D eigenvalue weighted by molar-refractivity contribution is 0.292. The van der Waals surface area contributed by atoms with Crippen LogP contribution in [-0.4, -0.2) is 74.7 Å². The minimum Gasteiger partial charge on any atom is -0.355 e. The van der Waals surface area contributed by atoms with E-state index in [0.717, 1.165) is 25.6 Å². The second-order valence-electron chi connectivity index (χ2n) is 6.44. The summed E-state index contributed by atoms with van der Waals surface area (Å²) in [7, 11) is 4.07. The minimum atomic E-state index is 0.461. The van der Waals surface area contributed by atoms with Crippen LogP contribution in [0.2, 0.25) is 0 Å². The van der Waals surface area contributed by atoms with Gasteiger partial charge in [-0.1, -0.05) is 13.8 Å². The molecule has 130 valence electrons. The Labute approximate surface area is 137 Å². The van der Waals surface area contributed by atoms with E-state index >= 15 is 0 Å². The van der Waals surface area contributed by atoms with Crippen LogP contribution in [0.25, 0.3) is 0 Å². The molecule has 0 aliphatic carbocycles. The topological polar surface area (TPSA) is 42.9 Å². The second-order valence-corrected chi connectivity index (χ2v) is 6.44. The highest BCUT2D eigenvalue weighted by Crippen LogP contribution is 2.13. The van der Waals surface area contributed by atoms with Crippen molar-refractivity contribution in [2.75, 3.05) is 46.8 Å². The maximum absolute atomic E-state index is 4.36. The average Bonchev–Trinajstić information content (AvgIpc) is 2.93. The molecular formula is C17H37N5. The smallest absolute Gasteiger partial charge is 0.191 e. The predicted molar refractivity (Wildman–Crippen MR) is 96.6 cm³/mol. The number of aliphatic imine (C=N–C) groups is 1. The largest absolute Gasteiger partial charge is 0.355 e. The van der Waals surface area contributed by atoms with Crippen molar-refractivity contribution in [3.8, 4) is 0 Å². The van der Waals surface area contributed by atoms with Gasteiger partial charge in [-0.15, -0.1) is 0 Å². The average molecular weight is 312 g/mol. The van der Waals surface area contributed by atoms with Crippen molar-refractivity contribution in [2.45, 2.75) is 58.5 Å². The Kier molecular flexibility index (Phi) is 9.48. The van der Waals surface area contributed by atoms with Crippen LogP contribution in [-0.2, 0) is 0 Å². The summed E-state index contributed by atoms with van der Waals surface area (Å²) in [4.78, 5) is 9.28. The summed E-state index contributed by atoms with van der Waals surface area (Å²) in [6.07, 6.45) is 5.02. The number of nitrogens with zero attached hydrogens (tertiary/aromatic N) is 3. The summed E-state index contributed by atoms with van der Waals surface area (Å²) in [5.74, 6) is 0.940. The number of nitrogens with one attached hydrogen (secondary N) is 2. The Balaban J connectivity index is 2.21. The SMILES string of the molecule is CCN(CC)CCCC(C)NC(=NC)NCC1CCCN1C. The lowest BCUT2D eigenvalue weighted by Crippen LogP contribution is -2.46. The van der Waals surface area contributed by atoms with Gasteiger partial charge in [-0.25, -0.2) is 0 Å². The van der Waals surface area contributed by atoms with Crippen molar-refractivity contribution >= 4 is 5.96 Å². The molecule has 2 atom stereocenters. The number of guanidine groups is 1. The monoisotopic (exact) mass is 311 g/mol. The zero-order valence-corrected chi connectivity index (χ0v) is 15.4. The molecular weight excluding hydrogens is 274 g/mol. The van der Waals surface area contributed by atoms with Gasteiger partial charge in [0.25, 0.3) is 0 Å². The van der Waals surface area contributed by atoms with Crippen molar-refractivity contribution in [3.05, 3.63) is 0 Å². The van der Waals surface area contributed by atoms with Gasteiger partial charge in [0.15, 0.2) is 5.96 Å². The Morgan fingerprint density at radius 2 is 2.09 bits per heavy atom. The second kappa shape index (κ2) is 10.8. The third-order valence-electron chi connectivity index (χ3n) is 4.79. The van der Waals surface area contributed by atoms with Gasteiger partial charge >= 0.3 is 0 Å². The lowest BCUT2D eigenvalue weighted by Gasteiger charge is -2.23. The molecule has 0 aromatic carbocycles. The Hall–Kier alpha value is -0.810. The molecule has 0 amide bonds. The molecule has 1 heterocycles. The fourth-order valence-electron chi connectivity index (χ4n) is 3.11. The Morgan fingerprint density at radius 3 is 2.64 bits per heavy atom. The number of rotatable bonds is 9. The van der Waals surface area contributed by atoms with Crippen LogP contribution in [0.5, 0.6) is 0 Å². The summed E-state index contributed by atoms with van der Waals surface area (Å²) in [5, 5.41) is 7.00. The molecule has 1 aliphatic rings. The van der Waals surface area contributed by atoms with E-state index in [1.165, 1.54) is 38.8 Å². The summed E-state index contributed by atoms with van der Waals surface area (Å²) < 4.78 is 0. The quantitative estimate of drug-likeness (QED) is 0.503. The van der Waals surface area contributed by atoms with Gasteiger partial charge in [0.2, 0.25) is 0 Å². The molecule has 22 heavy (non-hydrogen) atoms. The maximum Gasteiger partial charge on any atom is 0.191 e. The van der Waals surface area contributed by atoms with E-state index < -0.39 is 0 Å². The zero-order valence-electron chi connectivity index (χ0n) is 15.4. The normalized spacial score (nSPS) is 21.4. The van der Waals surface area contributed by atoms with Gasteiger partial charge in [-0.2, -0.15) is 0 Å². The van der Waals surface area contributed by atoms with Gasteiger partial charge < -0.3 is 20.4 Å². The molecule has 0 saturated carbocycles. The third kappa shape index (κ3) is 6.97. The van der Waals surface area contributed by atoms with Gasteiger partial charge in [0.1, 0.15) is 0 Å². The van der Waals surface area contributed by atoms with E-state index in [1.54, 1.807) is 0 Å². The molecule has 2 N–H and O–H groups in total. The van der Waals surface area contributed by atoms with E-state index in [0.29, 0.717) is 12.1 Å². The molecule has 0 aromatic rings. The van der Waals surface area contributed by atoms with Crippen molar-refractivity contribution in [2.24, 2.45) is 4.99 Å². The Bertz CT molecular complexity index is 314. The van der Waals surface area contributed by atoms with Crippen molar-refractivity contribution < 1.29 is 0 Å². The highest BCUT2D eigenvalue weighted by Gasteiger charge is 2.20. The van der Waals surface area contributed by atoms with Crippen LogP contribution in [0, 0.1) is 0 Å². The van der Waals surface area contributed by atoms with E-state index in [9.17, 15) is 0 Å². The van der Waals surface area contributed by atoms with Crippen molar-refractivity contribution in [1.29, 1.82) is 0 Å². The summed E-state index contributed by atoms with van der Waals surface area (Å²) in [6, 6.07) is 1.11. The Morgan fingerprint density at radius 1 is 1.36 bits per heavy atom. The van der Waals surface area contributed by atoms with Crippen LogP contribution in [0.15, 0.2) is 4.99 Å². The number of hydrogen-bond donors (Lipinski definition) is 2. The fourth-order valence-corrected chi connectivity index (χ4v) is 3.11. The van der Waals surface area contributed by atoms with Crippen molar-refractivity contribution in [1.82, 2.24) is 20.4 Å². The molecule has 1 aliphatic heterocycles. The third-order valence-corrected chi connectivity index (χ3v) is 4.79. The standard InChI is InChI=1S/C17H37N5/c1-6-22(7-2)13-8-10-15(3)20-17(18-4)19-14-16-11-9-12-21(16)5/h15-16H,6-14H2,1-5H3,(H2,18,19,20). The molecule has 1 fully saturated rings. The van der Waals surface area contributed by atoms with Crippen LogP contribution >= 0.6 is 0 Å². The summed E-state index contributed by atoms with van der Waals surface area (Å²) in [6.45, 7) is 12.4. The van der Waals surface area contributed by atoms with E-state index in [4.69, 9.17) is 0 Å². The van der Waals surface area contributed by atoms with Gasteiger partial charge in [0, 0.05) is 25.7 Å². The lowest BCUT2D eigenvalue weighted by atomic mass is 10.2. The van der Waals surface area contributed by atoms with Gasteiger partial charge in [0.05, 0.1) is 0 Å². The van der Waals surface area contributed by atoms with E-state index in [-0.39, 0.29) is 0 Å². The first-order valence-electron chi connectivity index (χ1n) is 9.00. The molecule has 1 saturated heterocycles. The zero-order chi connectivity index (χ0) is 16.4. The van der Waals surface area contributed by atoms with Crippen LogP contribution in [0.4, 0.5) is 0 Å². The molecule has 0 spiro atoms. The van der Waals surface area contributed by atoms with E-state index in [1.807, 2.05) is 7.05 Å². The van der Waals surface area contributed by atoms with Crippen LogP contribution in [0.3, 0.4) is 0 Å². The highest BCUT2D eigenvalue weighted by atomic mass is 15.2. The molecule has 5 heteroatoms. The molecule has 5 nitrogen and oxygen atoms in total. The van der Waals surface area contributed by atoms with E-state index in [2.05, 4.69) is 53.2 Å².